The predicted molar refractivity (Wildman–Crippen MR) is 120 cm³/mol. The van der Waals surface area contributed by atoms with E-state index in [4.69, 9.17) is 28.9 Å². The number of nitrogens with zero attached hydrogens (tertiary/aromatic N) is 3. The molecule has 3 N–H and O–H groups in total. The first-order valence-electron chi connectivity index (χ1n) is 9.54. The van der Waals surface area contributed by atoms with Crippen molar-refractivity contribution in [2.75, 3.05) is 31.9 Å². The fourth-order valence-corrected chi connectivity index (χ4v) is 4.99. The first-order chi connectivity index (χ1) is 14.0. The maximum atomic E-state index is 12.6. The van der Waals surface area contributed by atoms with Crippen molar-refractivity contribution in [1.29, 1.82) is 0 Å². The molecule has 3 aromatic rings. The van der Waals surface area contributed by atoms with Crippen molar-refractivity contribution in [1.82, 2.24) is 20.2 Å². The minimum Gasteiger partial charge on any atom is -0.368 e. The molecule has 1 aliphatic heterocycles. The van der Waals surface area contributed by atoms with Gasteiger partial charge in [0, 0.05) is 22.5 Å². The smallest absolute Gasteiger partial charge is 0.261 e. The molecule has 4 rings (SSSR count). The van der Waals surface area contributed by atoms with Crippen LogP contribution in [0.15, 0.2) is 24.3 Å². The van der Waals surface area contributed by atoms with Crippen molar-refractivity contribution in [2.45, 2.75) is 19.3 Å². The lowest BCUT2D eigenvalue weighted by Gasteiger charge is -2.14. The largest absolute Gasteiger partial charge is 0.368 e. The molecular weight excluding hydrogens is 429 g/mol. The maximum Gasteiger partial charge on any atom is 0.261 e. The van der Waals surface area contributed by atoms with E-state index in [1.165, 1.54) is 37.3 Å². The zero-order valence-corrected chi connectivity index (χ0v) is 18.1. The summed E-state index contributed by atoms with van der Waals surface area (Å²) < 4.78 is 0. The Labute approximate surface area is 183 Å². The van der Waals surface area contributed by atoms with Crippen molar-refractivity contribution in [2.24, 2.45) is 0 Å². The summed E-state index contributed by atoms with van der Waals surface area (Å²) in [5.41, 5.74) is 7.19. The zero-order chi connectivity index (χ0) is 20.4. The fraction of sp³-hybridized carbons (Fsp3) is 0.350. The highest BCUT2D eigenvalue weighted by molar-refractivity contribution is 7.20. The number of benzene rings is 1. The SMILES string of the molecule is Nc1nc(-c2ccc(Cl)cc2Cl)c2cc(C(=O)NCCCN3CCCC3)sc2n1. The van der Waals surface area contributed by atoms with E-state index < -0.39 is 0 Å². The lowest BCUT2D eigenvalue weighted by molar-refractivity contribution is 0.0956. The molecule has 6 nitrogen and oxygen atoms in total. The summed E-state index contributed by atoms with van der Waals surface area (Å²) in [6.45, 7) is 4.00. The van der Waals surface area contributed by atoms with Gasteiger partial charge in [0.2, 0.25) is 5.95 Å². The molecule has 152 valence electrons. The number of aromatic nitrogens is 2. The van der Waals surface area contributed by atoms with Gasteiger partial charge in [-0.25, -0.2) is 9.97 Å². The van der Waals surface area contributed by atoms with E-state index in [9.17, 15) is 4.79 Å². The number of nitrogens with one attached hydrogen (secondary N) is 1. The number of nitrogens with two attached hydrogens (primary N) is 1. The Morgan fingerprint density at radius 1 is 1.21 bits per heavy atom. The third-order valence-electron chi connectivity index (χ3n) is 4.96. The van der Waals surface area contributed by atoms with E-state index in [0.717, 1.165) is 18.4 Å². The van der Waals surface area contributed by atoms with Crippen molar-refractivity contribution in [3.8, 4) is 11.3 Å². The molecule has 0 spiro atoms. The minimum absolute atomic E-state index is 0.110. The fourth-order valence-electron chi connectivity index (χ4n) is 3.53. The van der Waals surface area contributed by atoms with Crippen molar-refractivity contribution < 1.29 is 4.79 Å². The molecule has 1 amide bonds. The highest BCUT2D eigenvalue weighted by Gasteiger charge is 2.18. The van der Waals surface area contributed by atoms with Crippen LogP contribution >= 0.6 is 34.5 Å². The third kappa shape index (κ3) is 4.64. The third-order valence-corrected chi connectivity index (χ3v) is 6.53. The second-order valence-electron chi connectivity index (χ2n) is 7.04. The Hall–Kier alpha value is -1.93. The highest BCUT2D eigenvalue weighted by Crippen LogP contribution is 2.36. The molecular formula is C20H21Cl2N5OS. The molecule has 2 aromatic heterocycles. The number of carbonyl (C=O) groups excluding carboxylic acids is 1. The Bertz CT molecular complexity index is 1050. The van der Waals surface area contributed by atoms with Crippen LogP contribution in [0.4, 0.5) is 5.95 Å². The van der Waals surface area contributed by atoms with Gasteiger partial charge in [-0.3, -0.25) is 4.79 Å². The normalized spacial score (nSPS) is 14.6. The average molecular weight is 450 g/mol. The summed E-state index contributed by atoms with van der Waals surface area (Å²) in [6.07, 6.45) is 3.49. The maximum absolute atomic E-state index is 12.6. The molecule has 0 aliphatic carbocycles. The van der Waals surface area contributed by atoms with Crippen LogP contribution in [0.1, 0.15) is 28.9 Å². The van der Waals surface area contributed by atoms with E-state index in [-0.39, 0.29) is 11.9 Å². The molecule has 0 atom stereocenters. The molecule has 0 unspecified atom stereocenters. The summed E-state index contributed by atoms with van der Waals surface area (Å²) >= 11 is 13.7. The number of thiophene rings is 1. The number of amides is 1. The standard InChI is InChI=1S/C20H21Cl2N5OS/c21-12-4-5-13(15(22)10-12)17-14-11-16(29-19(14)26-20(23)25-17)18(28)24-6-3-9-27-7-1-2-8-27/h4-5,10-11H,1-3,6-9H2,(H,24,28)(H2,23,25,26). The number of carbonyl (C=O) groups is 1. The van der Waals surface area contributed by atoms with Crippen molar-refractivity contribution >= 4 is 56.6 Å². The Morgan fingerprint density at radius 2 is 2.00 bits per heavy atom. The Balaban J connectivity index is 1.53. The number of fused-ring (bicyclic) bond motifs is 1. The van der Waals surface area contributed by atoms with E-state index >= 15 is 0 Å². The monoisotopic (exact) mass is 449 g/mol. The zero-order valence-electron chi connectivity index (χ0n) is 15.8. The van der Waals surface area contributed by atoms with Gasteiger partial charge < -0.3 is 16.0 Å². The molecule has 1 aliphatic rings. The molecule has 0 radical (unpaired) electrons. The number of likely N-dealkylation sites (tertiary alicyclic amines) is 1. The van der Waals surface area contributed by atoms with Crippen LogP contribution < -0.4 is 11.1 Å². The summed E-state index contributed by atoms with van der Waals surface area (Å²) in [6, 6.07) is 6.99. The van der Waals surface area contributed by atoms with Gasteiger partial charge in [-0.1, -0.05) is 23.2 Å². The molecule has 1 saturated heterocycles. The van der Waals surface area contributed by atoms with Crippen LogP contribution in [-0.2, 0) is 0 Å². The van der Waals surface area contributed by atoms with Crippen LogP contribution in [0.25, 0.3) is 21.5 Å². The molecule has 0 bridgehead atoms. The van der Waals surface area contributed by atoms with Gasteiger partial charge in [0.05, 0.1) is 15.6 Å². The van der Waals surface area contributed by atoms with Gasteiger partial charge in [0.1, 0.15) is 4.83 Å². The van der Waals surface area contributed by atoms with Gasteiger partial charge >= 0.3 is 0 Å². The van der Waals surface area contributed by atoms with Crippen molar-refractivity contribution in [3.05, 3.63) is 39.2 Å². The molecule has 1 fully saturated rings. The quantitative estimate of drug-likeness (QED) is 0.542. The topological polar surface area (TPSA) is 84.1 Å². The van der Waals surface area contributed by atoms with Crippen LogP contribution in [0.5, 0.6) is 0 Å². The first kappa shape index (κ1) is 20.3. The molecule has 3 heterocycles. The number of hydrogen-bond acceptors (Lipinski definition) is 6. The number of halogens is 2. The number of hydrogen-bond donors (Lipinski definition) is 2. The number of nitrogen functional groups attached to an aromatic ring is 1. The second-order valence-corrected chi connectivity index (χ2v) is 8.92. The first-order valence-corrected chi connectivity index (χ1v) is 11.1. The van der Waals surface area contributed by atoms with E-state index in [1.807, 2.05) is 0 Å². The van der Waals surface area contributed by atoms with E-state index in [1.54, 1.807) is 24.3 Å². The second kappa shape index (κ2) is 8.83. The van der Waals surface area contributed by atoms with Gasteiger partial charge in [0.25, 0.3) is 5.91 Å². The lowest BCUT2D eigenvalue weighted by atomic mass is 10.1. The van der Waals surface area contributed by atoms with E-state index in [2.05, 4.69) is 20.2 Å². The van der Waals surface area contributed by atoms with Crippen LogP contribution in [0.3, 0.4) is 0 Å². The van der Waals surface area contributed by atoms with Crippen molar-refractivity contribution in [3.63, 3.8) is 0 Å². The Morgan fingerprint density at radius 3 is 2.76 bits per heavy atom. The number of rotatable bonds is 6. The van der Waals surface area contributed by atoms with Gasteiger partial charge in [0.15, 0.2) is 0 Å². The average Bonchev–Trinajstić information content (AvgIpc) is 3.34. The lowest BCUT2D eigenvalue weighted by Crippen LogP contribution is -2.28. The molecule has 0 saturated carbocycles. The Kier molecular flexibility index (Phi) is 6.20. The summed E-state index contributed by atoms with van der Waals surface area (Å²) in [5, 5.41) is 4.75. The van der Waals surface area contributed by atoms with E-state index in [0.29, 0.717) is 37.6 Å². The summed E-state index contributed by atoms with van der Waals surface area (Å²) in [5.74, 6) is 0.0269. The van der Waals surface area contributed by atoms with Gasteiger partial charge in [-0.2, -0.15) is 0 Å². The minimum atomic E-state index is -0.110. The van der Waals surface area contributed by atoms with Crippen LogP contribution in [0, 0.1) is 0 Å². The van der Waals surface area contributed by atoms with Gasteiger partial charge in [-0.05, 0) is 63.2 Å². The molecule has 9 heteroatoms. The predicted octanol–water partition coefficient (Wildman–Crippen LogP) is 4.46. The molecule has 1 aromatic carbocycles. The van der Waals surface area contributed by atoms with Crippen LogP contribution in [-0.4, -0.2) is 47.0 Å². The highest BCUT2D eigenvalue weighted by atomic mass is 35.5. The summed E-state index contributed by atoms with van der Waals surface area (Å²) in [7, 11) is 0. The number of anilines is 1. The van der Waals surface area contributed by atoms with Gasteiger partial charge in [-0.15, -0.1) is 11.3 Å². The van der Waals surface area contributed by atoms with Crippen LogP contribution in [0.2, 0.25) is 10.0 Å². The summed E-state index contributed by atoms with van der Waals surface area (Å²) in [4.78, 5) is 24.9. The molecule has 29 heavy (non-hydrogen) atoms.